The molecular formula is C26H30F3N3O3. The van der Waals surface area contributed by atoms with E-state index in [1.54, 1.807) is 0 Å². The molecule has 9 heteroatoms. The van der Waals surface area contributed by atoms with E-state index in [1.165, 1.54) is 12.1 Å². The van der Waals surface area contributed by atoms with Gasteiger partial charge >= 0.3 is 0 Å². The van der Waals surface area contributed by atoms with E-state index in [4.69, 9.17) is 0 Å². The van der Waals surface area contributed by atoms with Gasteiger partial charge in [0.15, 0.2) is 23.2 Å². The highest BCUT2D eigenvalue weighted by molar-refractivity contribution is 5.94. The van der Waals surface area contributed by atoms with E-state index in [1.807, 2.05) is 18.7 Å². The molecule has 1 aliphatic heterocycles. The van der Waals surface area contributed by atoms with E-state index in [2.05, 4.69) is 10.6 Å². The molecule has 1 heterocycles. The molecule has 0 aromatic heterocycles. The first-order valence-corrected chi connectivity index (χ1v) is 12.0. The number of hydrogen-bond donors (Lipinski definition) is 3. The molecule has 0 bridgehead atoms. The molecule has 2 aliphatic rings. The second-order valence-corrected chi connectivity index (χ2v) is 9.41. The maximum atomic E-state index is 14.7. The molecule has 0 saturated carbocycles. The summed E-state index contributed by atoms with van der Waals surface area (Å²) in [5, 5.41) is 15.3. The quantitative estimate of drug-likeness (QED) is 0.547. The Labute approximate surface area is 202 Å². The molecule has 0 radical (unpaired) electrons. The molecule has 188 valence electrons. The van der Waals surface area contributed by atoms with Crippen LogP contribution in [0.1, 0.15) is 61.0 Å². The summed E-state index contributed by atoms with van der Waals surface area (Å²) >= 11 is 0. The van der Waals surface area contributed by atoms with Crippen LogP contribution in [-0.2, 0) is 16.8 Å². The number of anilines is 1. The van der Waals surface area contributed by atoms with Gasteiger partial charge in [-0.05, 0) is 81.5 Å². The van der Waals surface area contributed by atoms with Crippen molar-refractivity contribution in [2.45, 2.75) is 57.5 Å². The van der Waals surface area contributed by atoms with Gasteiger partial charge < -0.3 is 15.7 Å². The molecule has 2 aromatic rings. The number of benzene rings is 2. The predicted molar refractivity (Wildman–Crippen MR) is 126 cm³/mol. The SMILES string of the molecule is CCNc1cc(F)cc2c1CCCC(=O)C2(C)N1CCC[C@@H](NC(=O)c2cc(F)c(O)c(F)c2)C1. The van der Waals surface area contributed by atoms with E-state index in [-0.39, 0.29) is 17.4 Å². The Bertz CT molecular complexity index is 1130. The number of phenolic OH excluding ortho intramolecular Hbond substituents is 1. The van der Waals surface area contributed by atoms with E-state index < -0.39 is 34.6 Å². The van der Waals surface area contributed by atoms with Crippen molar-refractivity contribution < 1.29 is 27.9 Å². The summed E-state index contributed by atoms with van der Waals surface area (Å²) in [6, 6.07) is 4.10. The Morgan fingerprint density at radius 1 is 1.14 bits per heavy atom. The number of nitrogens with one attached hydrogen (secondary N) is 2. The Balaban J connectivity index is 1.62. The molecule has 1 fully saturated rings. The lowest BCUT2D eigenvalue weighted by atomic mass is 9.81. The van der Waals surface area contributed by atoms with Crippen molar-refractivity contribution in [2.75, 3.05) is 25.0 Å². The second-order valence-electron chi connectivity index (χ2n) is 9.41. The Hall–Kier alpha value is -3.07. The predicted octanol–water partition coefficient (Wildman–Crippen LogP) is 4.26. The Kier molecular flexibility index (Phi) is 7.07. The number of hydrogen-bond acceptors (Lipinski definition) is 5. The summed E-state index contributed by atoms with van der Waals surface area (Å²) in [6.45, 7) is 5.29. The van der Waals surface area contributed by atoms with Gasteiger partial charge in [-0.15, -0.1) is 0 Å². The number of nitrogens with zero attached hydrogens (tertiary/aromatic N) is 1. The molecule has 2 aromatic carbocycles. The lowest BCUT2D eigenvalue weighted by Gasteiger charge is -2.45. The van der Waals surface area contributed by atoms with E-state index in [0.29, 0.717) is 63.0 Å². The second kappa shape index (κ2) is 9.89. The van der Waals surface area contributed by atoms with Gasteiger partial charge in [-0.1, -0.05) is 0 Å². The molecule has 1 amide bonds. The first kappa shape index (κ1) is 25.0. The molecule has 1 unspecified atom stereocenters. The Morgan fingerprint density at radius 3 is 2.54 bits per heavy atom. The molecule has 1 saturated heterocycles. The van der Waals surface area contributed by atoms with Crippen LogP contribution < -0.4 is 10.6 Å². The van der Waals surface area contributed by atoms with Crippen LogP contribution in [0.3, 0.4) is 0 Å². The highest BCUT2D eigenvalue weighted by Gasteiger charge is 2.45. The fourth-order valence-corrected chi connectivity index (χ4v) is 5.32. The topological polar surface area (TPSA) is 81.7 Å². The van der Waals surface area contributed by atoms with Gasteiger partial charge in [-0.3, -0.25) is 14.5 Å². The number of fused-ring (bicyclic) bond motifs is 1. The van der Waals surface area contributed by atoms with Crippen LogP contribution in [0.5, 0.6) is 5.75 Å². The lowest BCUT2D eigenvalue weighted by Crippen LogP contribution is -2.57. The maximum Gasteiger partial charge on any atom is 0.251 e. The van der Waals surface area contributed by atoms with Crippen molar-refractivity contribution in [3.8, 4) is 5.75 Å². The summed E-state index contributed by atoms with van der Waals surface area (Å²) in [5.41, 5.74) is 0.961. The minimum atomic E-state index is -1.22. The van der Waals surface area contributed by atoms with Crippen molar-refractivity contribution in [3.63, 3.8) is 0 Å². The standard InChI is InChI=1S/C26H30F3N3O3/c1-3-30-22-13-16(27)12-19-18(22)7-4-8-23(33)26(19,2)32-9-5-6-17(14-32)31-25(35)15-10-20(28)24(34)21(29)11-15/h10-13,17,30,34H,3-9,14H2,1-2H3,(H,31,35)/t17-,26?/m1/s1. The third kappa shape index (κ3) is 4.74. The van der Waals surface area contributed by atoms with Crippen LogP contribution in [0.15, 0.2) is 24.3 Å². The van der Waals surface area contributed by atoms with Crippen molar-refractivity contribution in [1.82, 2.24) is 10.2 Å². The van der Waals surface area contributed by atoms with Crippen molar-refractivity contribution in [1.29, 1.82) is 0 Å². The fourth-order valence-electron chi connectivity index (χ4n) is 5.32. The molecule has 35 heavy (non-hydrogen) atoms. The highest BCUT2D eigenvalue weighted by Crippen LogP contribution is 2.41. The number of ketones is 1. The third-order valence-electron chi connectivity index (χ3n) is 7.15. The average molecular weight is 490 g/mol. The number of aromatic hydroxyl groups is 1. The van der Waals surface area contributed by atoms with Gasteiger partial charge in [0.2, 0.25) is 0 Å². The zero-order chi connectivity index (χ0) is 25.3. The van der Waals surface area contributed by atoms with E-state index >= 15 is 0 Å². The molecule has 0 spiro atoms. The number of rotatable bonds is 5. The van der Waals surface area contributed by atoms with Crippen molar-refractivity contribution >= 4 is 17.4 Å². The van der Waals surface area contributed by atoms with Gasteiger partial charge in [0.25, 0.3) is 5.91 Å². The summed E-state index contributed by atoms with van der Waals surface area (Å²) < 4.78 is 42.1. The fraction of sp³-hybridized carbons (Fsp3) is 0.462. The number of piperidine rings is 1. The minimum Gasteiger partial charge on any atom is -0.503 e. The number of halogens is 3. The smallest absolute Gasteiger partial charge is 0.251 e. The average Bonchev–Trinajstić information content (AvgIpc) is 2.94. The van der Waals surface area contributed by atoms with Crippen LogP contribution >= 0.6 is 0 Å². The minimum absolute atomic E-state index is 0.000971. The van der Waals surface area contributed by atoms with Crippen LogP contribution in [0, 0.1) is 17.5 Å². The highest BCUT2D eigenvalue weighted by atomic mass is 19.1. The monoisotopic (exact) mass is 489 g/mol. The number of carbonyl (C=O) groups is 2. The number of likely N-dealkylation sites (tertiary alicyclic amines) is 1. The normalized spacial score (nSPS) is 22.9. The van der Waals surface area contributed by atoms with Gasteiger partial charge in [0.1, 0.15) is 11.4 Å². The molecular weight excluding hydrogens is 459 g/mol. The van der Waals surface area contributed by atoms with Gasteiger partial charge in [-0.25, -0.2) is 13.2 Å². The summed E-state index contributed by atoms with van der Waals surface area (Å²) in [4.78, 5) is 28.1. The summed E-state index contributed by atoms with van der Waals surface area (Å²) in [7, 11) is 0. The molecule has 3 N–H and O–H groups in total. The van der Waals surface area contributed by atoms with Gasteiger partial charge in [-0.2, -0.15) is 0 Å². The molecule has 1 aliphatic carbocycles. The summed E-state index contributed by atoms with van der Waals surface area (Å²) in [5.74, 6) is -4.65. The van der Waals surface area contributed by atoms with E-state index in [9.17, 15) is 27.9 Å². The zero-order valence-electron chi connectivity index (χ0n) is 19.9. The molecule has 4 rings (SSSR count). The Morgan fingerprint density at radius 2 is 1.86 bits per heavy atom. The van der Waals surface area contributed by atoms with Crippen LogP contribution in [0.25, 0.3) is 0 Å². The first-order chi connectivity index (χ1) is 16.6. The third-order valence-corrected chi connectivity index (χ3v) is 7.15. The number of amides is 1. The molecule has 2 atom stereocenters. The first-order valence-electron chi connectivity index (χ1n) is 12.0. The molecule has 6 nitrogen and oxygen atoms in total. The largest absolute Gasteiger partial charge is 0.503 e. The van der Waals surface area contributed by atoms with Crippen molar-refractivity contribution in [2.24, 2.45) is 0 Å². The van der Waals surface area contributed by atoms with Crippen LogP contribution in [-0.4, -0.2) is 47.4 Å². The maximum absolute atomic E-state index is 14.7. The van der Waals surface area contributed by atoms with Gasteiger partial charge in [0, 0.05) is 36.8 Å². The van der Waals surface area contributed by atoms with E-state index in [0.717, 1.165) is 17.7 Å². The van der Waals surface area contributed by atoms with Crippen molar-refractivity contribution in [3.05, 3.63) is 58.4 Å². The number of phenols is 1. The summed E-state index contributed by atoms with van der Waals surface area (Å²) in [6.07, 6.45) is 2.98. The number of Topliss-reactive ketones (excluding diaryl/α,β-unsaturated/α-hetero) is 1. The van der Waals surface area contributed by atoms with Crippen LogP contribution in [0.2, 0.25) is 0 Å². The number of carbonyl (C=O) groups excluding carboxylic acids is 2. The zero-order valence-corrected chi connectivity index (χ0v) is 19.9. The lowest BCUT2D eigenvalue weighted by molar-refractivity contribution is -0.132. The van der Waals surface area contributed by atoms with Gasteiger partial charge in [0.05, 0.1) is 0 Å². The van der Waals surface area contributed by atoms with Crippen LogP contribution in [0.4, 0.5) is 18.9 Å².